The summed E-state index contributed by atoms with van der Waals surface area (Å²) in [5.74, 6) is -1.08. The van der Waals surface area contributed by atoms with Crippen LogP contribution in [0.3, 0.4) is 0 Å². The number of halogens is 4. The maximum atomic E-state index is 12.5. The number of hydrogen-bond acceptors (Lipinski definition) is 3. The topological polar surface area (TPSA) is 37.8 Å². The molecule has 0 amide bonds. The van der Waals surface area contributed by atoms with Gasteiger partial charge in [0.15, 0.2) is 0 Å². The first-order valence-corrected chi connectivity index (χ1v) is 6.06. The van der Waals surface area contributed by atoms with E-state index in [-0.39, 0.29) is 16.5 Å². The van der Waals surface area contributed by atoms with E-state index in [4.69, 9.17) is 11.6 Å². The molecule has 1 aromatic heterocycles. The van der Waals surface area contributed by atoms with E-state index in [2.05, 4.69) is 15.3 Å². The van der Waals surface area contributed by atoms with Crippen LogP contribution in [-0.4, -0.2) is 15.5 Å². The summed E-state index contributed by atoms with van der Waals surface area (Å²) in [4.78, 5) is 6.67. The van der Waals surface area contributed by atoms with Gasteiger partial charge in [-0.1, -0.05) is 24.4 Å². The van der Waals surface area contributed by atoms with E-state index in [0.29, 0.717) is 0 Å². The summed E-state index contributed by atoms with van der Waals surface area (Å²) in [6, 6.07) is 1.32. The predicted octanol–water partition coefficient (Wildman–Crippen LogP) is 3.89. The number of nitrogens with zero attached hydrogens (tertiary/aromatic N) is 2. The first-order valence-electron chi connectivity index (χ1n) is 5.68. The van der Waals surface area contributed by atoms with Gasteiger partial charge in [0.2, 0.25) is 5.82 Å². The number of nitrogens with one attached hydrogen (secondary N) is 1. The van der Waals surface area contributed by atoms with Gasteiger partial charge in [-0.3, -0.25) is 0 Å². The summed E-state index contributed by atoms with van der Waals surface area (Å²) in [6.45, 7) is 1.98. The van der Waals surface area contributed by atoms with Crippen molar-refractivity contribution in [3.8, 4) is 0 Å². The Morgan fingerprint density at radius 2 is 1.89 bits per heavy atom. The standard InChI is InChI=1S/C11H13ClF3N3/c1-10(4-2-3-5-10)18-8-6-7(12)16-9(17-8)11(13,14)15/h6H,2-5H2,1H3,(H,16,17,18). The molecule has 0 bridgehead atoms. The third-order valence-electron chi connectivity index (χ3n) is 3.09. The number of rotatable bonds is 2. The number of hydrogen-bond donors (Lipinski definition) is 1. The molecular weight excluding hydrogens is 267 g/mol. The largest absolute Gasteiger partial charge is 0.451 e. The highest BCUT2D eigenvalue weighted by atomic mass is 35.5. The Hall–Kier alpha value is -1.04. The molecule has 0 aliphatic heterocycles. The van der Waals surface area contributed by atoms with Gasteiger partial charge in [0, 0.05) is 11.6 Å². The summed E-state index contributed by atoms with van der Waals surface area (Å²) in [5, 5.41) is 2.83. The molecule has 1 N–H and O–H groups in total. The molecule has 1 aromatic rings. The van der Waals surface area contributed by atoms with Crippen molar-refractivity contribution in [3.05, 3.63) is 17.0 Å². The lowest BCUT2D eigenvalue weighted by atomic mass is 10.0. The van der Waals surface area contributed by atoms with Crippen molar-refractivity contribution in [2.45, 2.75) is 44.3 Å². The van der Waals surface area contributed by atoms with Crippen molar-refractivity contribution in [2.24, 2.45) is 0 Å². The molecule has 0 unspecified atom stereocenters. The zero-order valence-electron chi connectivity index (χ0n) is 9.81. The SMILES string of the molecule is CC1(Nc2cc(Cl)nc(C(F)(F)F)n2)CCCC1. The van der Waals surface area contributed by atoms with Crippen molar-refractivity contribution in [1.82, 2.24) is 9.97 Å². The third kappa shape index (κ3) is 3.04. The van der Waals surface area contributed by atoms with Gasteiger partial charge < -0.3 is 5.32 Å². The highest BCUT2D eigenvalue weighted by molar-refractivity contribution is 6.29. The minimum atomic E-state index is -4.59. The Balaban J connectivity index is 2.25. The lowest BCUT2D eigenvalue weighted by molar-refractivity contribution is -0.144. The Kier molecular flexibility index (Phi) is 3.40. The fourth-order valence-electron chi connectivity index (χ4n) is 2.20. The average molecular weight is 280 g/mol. The van der Waals surface area contributed by atoms with Gasteiger partial charge in [0.05, 0.1) is 0 Å². The molecule has 1 aliphatic carbocycles. The molecular formula is C11H13ClF3N3. The fraction of sp³-hybridized carbons (Fsp3) is 0.636. The van der Waals surface area contributed by atoms with E-state index in [9.17, 15) is 13.2 Å². The molecule has 3 nitrogen and oxygen atoms in total. The summed E-state index contributed by atoms with van der Waals surface area (Å²) < 4.78 is 37.6. The van der Waals surface area contributed by atoms with E-state index in [1.54, 1.807) is 0 Å². The minimum Gasteiger partial charge on any atom is -0.365 e. The molecule has 0 radical (unpaired) electrons. The predicted molar refractivity (Wildman–Crippen MR) is 62.5 cm³/mol. The van der Waals surface area contributed by atoms with Crippen molar-refractivity contribution < 1.29 is 13.2 Å². The Morgan fingerprint density at radius 1 is 1.28 bits per heavy atom. The van der Waals surface area contributed by atoms with Gasteiger partial charge in [-0.15, -0.1) is 0 Å². The van der Waals surface area contributed by atoms with Crippen LogP contribution >= 0.6 is 11.6 Å². The molecule has 0 aromatic carbocycles. The van der Waals surface area contributed by atoms with E-state index in [1.807, 2.05) is 6.92 Å². The highest BCUT2D eigenvalue weighted by Gasteiger charge is 2.36. The van der Waals surface area contributed by atoms with Gasteiger partial charge in [0.1, 0.15) is 11.0 Å². The van der Waals surface area contributed by atoms with E-state index in [1.165, 1.54) is 6.07 Å². The van der Waals surface area contributed by atoms with Gasteiger partial charge in [-0.05, 0) is 19.8 Å². The molecule has 1 aliphatic rings. The van der Waals surface area contributed by atoms with Crippen molar-refractivity contribution in [1.29, 1.82) is 0 Å². The zero-order valence-corrected chi connectivity index (χ0v) is 10.6. The van der Waals surface area contributed by atoms with Crippen molar-refractivity contribution in [2.75, 3.05) is 5.32 Å². The zero-order chi connectivity index (χ0) is 13.4. The normalized spacial score (nSPS) is 18.9. The first-order chi connectivity index (χ1) is 8.28. The van der Waals surface area contributed by atoms with Crippen LogP contribution in [0.4, 0.5) is 19.0 Å². The van der Waals surface area contributed by atoms with Crippen LogP contribution in [0, 0.1) is 0 Å². The Labute approximate surface area is 108 Å². The molecule has 7 heteroatoms. The smallest absolute Gasteiger partial charge is 0.365 e. The lowest BCUT2D eigenvalue weighted by Crippen LogP contribution is -2.31. The van der Waals surface area contributed by atoms with Crippen LogP contribution in [0.1, 0.15) is 38.4 Å². The number of anilines is 1. The summed E-state index contributed by atoms with van der Waals surface area (Å²) in [7, 11) is 0. The van der Waals surface area contributed by atoms with E-state index in [0.717, 1.165) is 25.7 Å². The van der Waals surface area contributed by atoms with Crippen LogP contribution in [0.2, 0.25) is 5.15 Å². The van der Waals surface area contributed by atoms with Crippen molar-refractivity contribution >= 4 is 17.4 Å². The molecule has 2 rings (SSSR count). The van der Waals surface area contributed by atoms with Gasteiger partial charge in [-0.25, -0.2) is 9.97 Å². The second-order valence-electron chi connectivity index (χ2n) is 4.79. The minimum absolute atomic E-state index is 0.131. The second-order valence-corrected chi connectivity index (χ2v) is 5.18. The van der Waals surface area contributed by atoms with Crippen molar-refractivity contribution in [3.63, 3.8) is 0 Å². The number of alkyl halides is 3. The Bertz CT molecular complexity index is 442. The van der Waals surface area contributed by atoms with E-state index < -0.39 is 12.0 Å². The number of aromatic nitrogens is 2. The summed E-state index contributed by atoms with van der Waals surface area (Å²) in [5.41, 5.74) is -0.208. The summed E-state index contributed by atoms with van der Waals surface area (Å²) >= 11 is 5.60. The molecule has 0 atom stereocenters. The van der Waals surface area contributed by atoms with Gasteiger partial charge in [-0.2, -0.15) is 13.2 Å². The molecule has 1 saturated carbocycles. The van der Waals surface area contributed by atoms with Gasteiger partial charge >= 0.3 is 6.18 Å². The fourth-order valence-corrected chi connectivity index (χ4v) is 2.38. The molecule has 100 valence electrons. The molecule has 0 spiro atoms. The van der Waals surface area contributed by atoms with Crippen LogP contribution in [0.15, 0.2) is 6.07 Å². The first kappa shape index (κ1) is 13.4. The molecule has 1 fully saturated rings. The third-order valence-corrected chi connectivity index (χ3v) is 3.28. The average Bonchev–Trinajstić information content (AvgIpc) is 2.62. The monoisotopic (exact) mass is 279 g/mol. The Morgan fingerprint density at radius 3 is 2.44 bits per heavy atom. The van der Waals surface area contributed by atoms with Crippen LogP contribution in [-0.2, 0) is 6.18 Å². The van der Waals surface area contributed by atoms with Crippen LogP contribution < -0.4 is 5.32 Å². The molecule has 18 heavy (non-hydrogen) atoms. The highest BCUT2D eigenvalue weighted by Crippen LogP contribution is 2.34. The quantitative estimate of drug-likeness (QED) is 0.835. The second kappa shape index (κ2) is 4.57. The van der Waals surface area contributed by atoms with E-state index >= 15 is 0 Å². The molecule has 0 saturated heterocycles. The summed E-state index contributed by atoms with van der Waals surface area (Å²) in [6.07, 6.45) is -0.632. The lowest BCUT2D eigenvalue weighted by Gasteiger charge is -2.26. The van der Waals surface area contributed by atoms with Crippen LogP contribution in [0.25, 0.3) is 0 Å². The molecule has 1 heterocycles. The maximum Gasteiger partial charge on any atom is 0.451 e. The van der Waals surface area contributed by atoms with Gasteiger partial charge in [0.25, 0.3) is 0 Å². The maximum absolute atomic E-state index is 12.5. The van der Waals surface area contributed by atoms with Crippen LogP contribution in [0.5, 0.6) is 0 Å².